The van der Waals surface area contributed by atoms with Gasteiger partial charge in [-0.2, -0.15) is 5.10 Å². The van der Waals surface area contributed by atoms with Crippen LogP contribution in [0.3, 0.4) is 0 Å². The molecule has 0 aromatic carbocycles. The van der Waals surface area contributed by atoms with E-state index in [1.165, 1.54) is 0 Å². The van der Waals surface area contributed by atoms with E-state index in [2.05, 4.69) is 10.4 Å². The largest absolute Gasteiger partial charge is 0.386 e. The highest BCUT2D eigenvalue weighted by atomic mass is 16.3. The van der Waals surface area contributed by atoms with Gasteiger partial charge in [0.05, 0.1) is 11.8 Å². The van der Waals surface area contributed by atoms with E-state index in [9.17, 15) is 5.11 Å². The topological polar surface area (TPSA) is 50.1 Å². The molecule has 13 heavy (non-hydrogen) atoms. The summed E-state index contributed by atoms with van der Waals surface area (Å²) in [5.41, 5.74) is 0.911. The number of hydrogen-bond donors (Lipinski definition) is 2. The SMILES string of the molecule is Cn1nccc1C(O)[C@H]1CCNC1. The van der Waals surface area contributed by atoms with Crippen molar-refractivity contribution < 1.29 is 5.11 Å². The Labute approximate surface area is 77.6 Å². The van der Waals surface area contributed by atoms with Crippen LogP contribution in [0.25, 0.3) is 0 Å². The molecule has 2 atom stereocenters. The van der Waals surface area contributed by atoms with Crippen LogP contribution in [-0.2, 0) is 7.05 Å². The summed E-state index contributed by atoms with van der Waals surface area (Å²) in [5, 5.41) is 17.3. The zero-order chi connectivity index (χ0) is 9.26. The summed E-state index contributed by atoms with van der Waals surface area (Å²) in [4.78, 5) is 0. The summed E-state index contributed by atoms with van der Waals surface area (Å²) in [5.74, 6) is 0.343. The Morgan fingerprint density at radius 2 is 2.62 bits per heavy atom. The third-order valence-corrected chi connectivity index (χ3v) is 2.71. The zero-order valence-electron chi connectivity index (χ0n) is 7.77. The van der Waals surface area contributed by atoms with Crippen LogP contribution in [0.15, 0.2) is 12.3 Å². The van der Waals surface area contributed by atoms with Gasteiger partial charge in [0.1, 0.15) is 0 Å². The van der Waals surface area contributed by atoms with Gasteiger partial charge in [0.25, 0.3) is 0 Å². The third-order valence-electron chi connectivity index (χ3n) is 2.71. The van der Waals surface area contributed by atoms with E-state index in [0.717, 1.165) is 25.2 Å². The van der Waals surface area contributed by atoms with Gasteiger partial charge in [-0.05, 0) is 19.0 Å². The van der Waals surface area contributed by atoms with Crippen LogP contribution in [0.2, 0.25) is 0 Å². The minimum atomic E-state index is -0.373. The van der Waals surface area contributed by atoms with Gasteiger partial charge in [-0.25, -0.2) is 0 Å². The van der Waals surface area contributed by atoms with Gasteiger partial charge >= 0.3 is 0 Å². The molecule has 4 nitrogen and oxygen atoms in total. The minimum Gasteiger partial charge on any atom is -0.386 e. The lowest BCUT2D eigenvalue weighted by Gasteiger charge is -2.16. The van der Waals surface area contributed by atoms with Crippen LogP contribution in [-0.4, -0.2) is 28.0 Å². The van der Waals surface area contributed by atoms with Gasteiger partial charge < -0.3 is 10.4 Å². The van der Waals surface area contributed by atoms with E-state index < -0.39 is 0 Å². The normalized spacial score (nSPS) is 24.9. The number of aromatic nitrogens is 2. The summed E-state index contributed by atoms with van der Waals surface area (Å²) < 4.78 is 1.74. The number of aryl methyl sites for hydroxylation is 1. The summed E-state index contributed by atoms with van der Waals surface area (Å²) in [6.45, 7) is 1.92. The Bertz CT molecular complexity index is 278. The summed E-state index contributed by atoms with van der Waals surface area (Å²) >= 11 is 0. The van der Waals surface area contributed by atoms with Gasteiger partial charge in [0.15, 0.2) is 0 Å². The van der Waals surface area contributed by atoms with Crippen molar-refractivity contribution in [3.63, 3.8) is 0 Å². The maximum Gasteiger partial charge on any atom is 0.0997 e. The summed E-state index contributed by atoms with van der Waals surface area (Å²) in [6, 6.07) is 1.88. The standard InChI is InChI=1S/C9H15N3O/c1-12-8(3-5-11-12)9(13)7-2-4-10-6-7/h3,5,7,9-10,13H,2,4,6H2,1H3/t7-,9?/m0/s1. The summed E-state index contributed by atoms with van der Waals surface area (Å²) in [6.07, 6.45) is 2.40. The number of nitrogens with zero attached hydrogens (tertiary/aromatic N) is 2. The molecule has 1 aromatic heterocycles. The number of rotatable bonds is 2. The van der Waals surface area contributed by atoms with Crippen molar-refractivity contribution in [3.8, 4) is 0 Å². The molecule has 1 unspecified atom stereocenters. The van der Waals surface area contributed by atoms with Crippen molar-refractivity contribution in [2.24, 2.45) is 13.0 Å². The minimum absolute atomic E-state index is 0.343. The fourth-order valence-electron chi connectivity index (χ4n) is 1.86. The maximum absolute atomic E-state index is 9.99. The third kappa shape index (κ3) is 1.59. The van der Waals surface area contributed by atoms with Gasteiger partial charge in [0, 0.05) is 25.7 Å². The Kier molecular flexibility index (Phi) is 2.33. The van der Waals surface area contributed by atoms with Crippen LogP contribution < -0.4 is 5.32 Å². The van der Waals surface area contributed by atoms with E-state index in [-0.39, 0.29) is 6.10 Å². The molecule has 0 radical (unpaired) electrons. The first-order valence-electron chi connectivity index (χ1n) is 4.65. The lowest BCUT2D eigenvalue weighted by atomic mass is 9.99. The predicted octanol–water partition coefficient (Wildman–Crippen LogP) is 0.0630. The first-order chi connectivity index (χ1) is 6.29. The Balaban J connectivity index is 2.12. The molecule has 1 aromatic rings. The van der Waals surface area contributed by atoms with Crippen LogP contribution in [0.1, 0.15) is 18.2 Å². The van der Waals surface area contributed by atoms with Crippen LogP contribution >= 0.6 is 0 Å². The number of hydrogen-bond acceptors (Lipinski definition) is 3. The van der Waals surface area contributed by atoms with E-state index >= 15 is 0 Å². The zero-order valence-corrected chi connectivity index (χ0v) is 7.77. The molecule has 4 heteroatoms. The van der Waals surface area contributed by atoms with Crippen molar-refractivity contribution in [2.75, 3.05) is 13.1 Å². The molecule has 1 aliphatic heterocycles. The molecular weight excluding hydrogens is 166 g/mol. The Morgan fingerprint density at radius 1 is 1.77 bits per heavy atom. The molecule has 0 amide bonds. The first kappa shape index (κ1) is 8.72. The number of aliphatic hydroxyl groups excluding tert-OH is 1. The van der Waals surface area contributed by atoms with Crippen LogP contribution in [0, 0.1) is 5.92 Å². The van der Waals surface area contributed by atoms with Crippen molar-refractivity contribution >= 4 is 0 Å². The first-order valence-corrected chi connectivity index (χ1v) is 4.65. The second kappa shape index (κ2) is 3.47. The average molecular weight is 181 g/mol. The maximum atomic E-state index is 9.99. The number of nitrogens with one attached hydrogen (secondary N) is 1. The van der Waals surface area contributed by atoms with E-state index in [1.54, 1.807) is 10.9 Å². The van der Waals surface area contributed by atoms with Gasteiger partial charge in [-0.15, -0.1) is 0 Å². The molecular formula is C9H15N3O. The predicted molar refractivity (Wildman–Crippen MR) is 49.1 cm³/mol. The van der Waals surface area contributed by atoms with Crippen molar-refractivity contribution in [3.05, 3.63) is 18.0 Å². The smallest absolute Gasteiger partial charge is 0.0997 e. The van der Waals surface area contributed by atoms with Gasteiger partial charge in [-0.1, -0.05) is 0 Å². The van der Waals surface area contributed by atoms with Gasteiger partial charge in [-0.3, -0.25) is 4.68 Å². The van der Waals surface area contributed by atoms with Crippen LogP contribution in [0.4, 0.5) is 0 Å². The lowest BCUT2D eigenvalue weighted by molar-refractivity contribution is 0.110. The molecule has 2 heterocycles. The monoisotopic (exact) mass is 181 g/mol. The Morgan fingerprint density at radius 3 is 3.15 bits per heavy atom. The van der Waals surface area contributed by atoms with E-state index in [0.29, 0.717) is 5.92 Å². The number of aliphatic hydroxyl groups is 1. The highest BCUT2D eigenvalue weighted by Crippen LogP contribution is 2.25. The van der Waals surface area contributed by atoms with E-state index in [1.807, 2.05) is 13.1 Å². The quantitative estimate of drug-likeness (QED) is 0.678. The molecule has 1 fully saturated rings. The second-order valence-corrected chi connectivity index (χ2v) is 3.58. The van der Waals surface area contributed by atoms with Crippen molar-refractivity contribution in [1.82, 2.24) is 15.1 Å². The van der Waals surface area contributed by atoms with Crippen molar-refractivity contribution in [2.45, 2.75) is 12.5 Å². The van der Waals surface area contributed by atoms with Gasteiger partial charge in [0.2, 0.25) is 0 Å². The molecule has 0 aliphatic carbocycles. The molecule has 2 N–H and O–H groups in total. The molecule has 0 saturated carbocycles. The lowest BCUT2D eigenvalue weighted by Crippen LogP contribution is -2.18. The average Bonchev–Trinajstić information content (AvgIpc) is 2.72. The van der Waals surface area contributed by atoms with Crippen LogP contribution in [0.5, 0.6) is 0 Å². The molecule has 1 saturated heterocycles. The molecule has 2 rings (SSSR count). The summed E-state index contributed by atoms with van der Waals surface area (Å²) in [7, 11) is 1.86. The highest BCUT2D eigenvalue weighted by molar-refractivity contribution is 5.06. The molecule has 0 spiro atoms. The molecule has 1 aliphatic rings. The Hall–Kier alpha value is -0.870. The van der Waals surface area contributed by atoms with Crippen molar-refractivity contribution in [1.29, 1.82) is 0 Å². The highest BCUT2D eigenvalue weighted by Gasteiger charge is 2.25. The van der Waals surface area contributed by atoms with E-state index in [4.69, 9.17) is 0 Å². The fraction of sp³-hybridized carbons (Fsp3) is 0.667. The second-order valence-electron chi connectivity index (χ2n) is 3.58. The molecule has 72 valence electrons. The fourth-order valence-corrected chi connectivity index (χ4v) is 1.86. The molecule has 0 bridgehead atoms.